The average Bonchev–Trinajstić information content (AvgIpc) is 2.16. The summed E-state index contributed by atoms with van der Waals surface area (Å²) in [6.07, 6.45) is -3.73. The summed E-state index contributed by atoms with van der Waals surface area (Å²) in [6.45, 7) is 0. The third-order valence-electron chi connectivity index (χ3n) is 2.01. The van der Waals surface area contributed by atoms with Crippen molar-refractivity contribution in [1.29, 1.82) is 0 Å². The Morgan fingerprint density at radius 1 is 1.24 bits per heavy atom. The lowest BCUT2D eigenvalue weighted by Crippen LogP contribution is -2.26. The third kappa shape index (κ3) is 2.71. The molecule has 1 aromatic carbocycles. The Labute approximate surface area is 98.6 Å². The summed E-state index contributed by atoms with van der Waals surface area (Å²) in [6, 6.07) is 4.93. The zero-order valence-corrected chi connectivity index (χ0v) is 8.92. The molecule has 2 aromatic rings. The lowest BCUT2D eigenvalue weighted by atomic mass is 10.2. The van der Waals surface area contributed by atoms with E-state index in [0.717, 1.165) is 18.3 Å². The Morgan fingerprint density at radius 3 is 2.59 bits per heavy atom. The van der Waals surface area contributed by atoms with Gasteiger partial charge in [0.1, 0.15) is 10.8 Å². The van der Waals surface area contributed by atoms with Crippen LogP contribution in [0.2, 0.25) is 5.02 Å². The molecule has 0 N–H and O–H groups in total. The minimum absolute atomic E-state index is 0.0520. The maximum atomic E-state index is 12.0. The van der Waals surface area contributed by atoms with E-state index >= 15 is 0 Å². The van der Waals surface area contributed by atoms with Crippen LogP contribution in [0.5, 0.6) is 5.75 Å². The molecule has 17 heavy (non-hydrogen) atoms. The number of aromatic nitrogens is 1. The predicted octanol–water partition coefficient (Wildman–Crippen LogP) is 3.03. The molecule has 0 unspecified atom stereocenters. The normalized spacial score (nSPS) is 11.8. The highest BCUT2D eigenvalue weighted by Gasteiger charge is 2.31. The molecule has 0 aliphatic carbocycles. The topological polar surface area (TPSA) is 36.2 Å². The van der Waals surface area contributed by atoms with Crippen LogP contribution >= 0.6 is 11.6 Å². The van der Waals surface area contributed by atoms with Crippen molar-refractivity contribution in [3.05, 3.63) is 40.7 Å². The van der Waals surface area contributed by atoms with Gasteiger partial charge in [-0.2, -0.15) is 4.73 Å². The van der Waals surface area contributed by atoms with E-state index < -0.39 is 12.1 Å². The van der Waals surface area contributed by atoms with Crippen LogP contribution < -0.4 is 9.47 Å². The highest BCUT2D eigenvalue weighted by molar-refractivity contribution is 6.30. The van der Waals surface area contributed by atoms with E-state index in [2.05, 4.69) is 4.74 Å². The first-order valence-corrected chi connectivity index (χ1v) is 4.81. The van der Waals surface area contributed by atoms with E-state index in [9.17, 15) is 18.4 Å². The van der Waals surface area contributed by atoms with Gasteiger partial charge in [-0.3, -0.25) is 0 Å². The van der Waals surface area contributed by atoms with Crippen molar-refractivity contribution in [3.63, 3.8) is 0 Å². The van der Waals surface area contributed by atoms with Crippen molar-refractivity contribution >= 4 is 22.5 Å². The molecule has 0 radical (unpaired) electrons. The zero-order chi connectivity index (χ0) is 12.6. The maximum Gasteiger partial charge on any atom is 0.573 e. The summed E-state index contributed by atoms with van der Waals surface area (Å²) in [5.74, 6) is -0.447. The van der Waals surface area contributed by atoms with Crippen LogP contribution in [0.15, 0.2) is 30.5 Å². The van der Waals surface area contributed by atoms with E-state index in [1.807, 2.05) is 0 Å². The fraction of sp³-hybridized carbons (Fsp3) is 0.100. The molecule has 0 saturated carbocycles. The number of nitrogens with zero attached hydrogens (tertiary/aromatic N) is 1. The van der Waals surface area contributed by atoms with Gasteiger partial charge in [-0.25, -0.2) is 0 Å². The summed E-state index contributed by atoms with van der Waals surface area (Å²) in [5, 5.41) is 12.1. The standard InChI is InChI=1S/C10H5ClF3NO2/c11-7-3-6-1-2-8(17-10(12,13)14)4-9(6)15(16)5-7/h1-5H. The Hall–Kier alpha value is -1.69. The van der Waals surface area contributed by atoms with Crippen LogP contribution in [0, 0.1) is 5.21 Å². The van der Waals surface area contributed by atoms with Gasteiger partial charge in [-0.05, 0) is 18.2 Å². The highest BCUT2D eigenvalue weighted by Crippen LogP contribution is 2.26. The monoisotopic (exact) mass is 263 g/mol. The highest BCUT2D eigenvalue weighted by atomic mass is 35.5. The minimum atomic E-state index is -4.78. The zero-order valence-electron chi connectivity index (χ0n) is 8.16. The molecule has 0 atom stereocenters. The number of halogens is 4. The van der Waals surface area contributed by atoms with Gasteiger partial charge in [0.25, 0.3) is 0 Å². The molecule has 3 nitrogen and oxygen atoms in total. The van der Waals surface area contributed by atoms with Crippen LogP contribution in [0.25, 0.3) is 10.9 Å². The van der Waals surface area contributed by atoms with Gasteiger partial charge in [0.05, 0.1) is 6.07 Å². The lowest BCUT2D eigenvalue weighted by molar-refractivity contribution is -0.576. The van der Waals surface area contributed by atoms with Crippen LogP contribution in [0.4, 0.5) is 13.2 Å². The molecule has 0 aliphatic rings. The minimum Gasteiger partial charge on any atom is -0.618 e. The molecule has 0 saturated heterocycles. The van der Waals surface area contributed by atoms with Crippen LogP contribution in [0.1, 0.15) is 0 Å². The van der Waals surface area contributed by atoms with Crippen molar-refractivity contribution in [2.75, 3.05) is 0 Å². The number of fused-ring (bicyclic) bond motifs is 1. The number of hydrogen-bond acceptors (Lipinski definition) is 2. The van der Waals surface area contributed by atoms with Crippen LogP contribution in [-0.2, 0) is 0 Å². The van der Waals surface area contributed by atoms with Crippen molar-refractivity contribution in [2.45, 2.75) is 6.36 Å². The molecule has 0 fully saturated rings. The second-order valence-corrected chi connectivity index (χ2v) is 3.69. The Morgan fingerprint density at radius 2 is 1.94 bits per heavy atom. The Kier molecular flexibility index (Phi) is 2.74. The van der Waals surface area contributed by atoms with Gasteiger partial charge in [0.2, 0.25) is 5.52 Å². The summed E-state index contributed by atoms with van der Waals surface area (Å²) in [4.78, 5) is 0. The number of hydrogen-bond donors (Lipinski definition) is 0. The molecule has 0 aliphatic heterocycles. The molecule has 0 amide bonds. The number of pyridine rings is 1. The molecule has 0 bridgehead atoms. The second-order valence-electron chi connectivity index (χ2n) is 3.25. The van der Waals surface area contributed by atoms with Gasteiger partial charge < -0.3 is 9.94 Å². The van der Waals surface area contributed by atoms with E-state index in [4.69, 9.17) is 11.6 Å². The fourth-order valence-corrected chi connectivity index (χ4v) is 1.61. The fourth-order valence-electron chi connectivity index (χ4n) is 1.40. The van der Waals surface area contributed by atoms with Crippen molar-refractivity contribution < 1.29 is 22.6 Å². The molecule has 2 rings (SSSR count). The number of benzene rings is 1. The third-order valence-corrected chi connectivity index (χ3v) is 2.21. The summed E-state index contributed by atoms with van der Waals surface area (Å²) < 4.78 is 40.0. The summed E-state index contributed by atoms with van der Waals surface area (Å²) in [5.41, 5.74) is 0.0520. The molecular weight excluding hydrogens is 259 g/mol. The van der Waals surface area contributed by atoms with E-state index in [1.54, 1.807) is 0 Å². The predicted molar refractivity (Wildman–Crippen MR) is 54.6 cm³/mol. The van der Waals surface area contributed by atoms with Gasteiger partial charge in [-0.1, -0.05) is 11.6 Å². The maximum absolute atomic E-state index is 12.0. The second kappa shape index (κ2) is 3.96. The smallest absolute Gasteiger partial charge is 0.573 e. The number of alkyl halides is 3. The summed E-state index contributed by atoms with van der Waals surface area (Å²) >= 11 is 5.64. The summed E-state index contributed by atoms with van der Waals surface area (Å²) in [7, 11) is 0. The molecule has 0 spiro atoms. The lowest BCUT2D eigenvalue weighted by Gasteiger charge is -2.09. The van der Waals surface area contributed by atoms with Gasteiger partial charge in [0.15, 0.2) is 6.20 Å². The van der Waals surface area contributed by atoms with Crippen LogP contribution in [0.3, 0.4) is 0 Å². The number of rotatable bonds is 1. The first-order valence-electron chi connectivity index (χ1n) is 4.43. The molecule has 1 aromatic heterocycles. The molecule has 7 heteroatoms. The van der Waals surface area contributed by atoms with E-state index in [-0.39, 0.29) is 10.5 Å². The first-order chi connectivity index (χ1) is 7.85. The SMILES string of the molecule is [O-][n+]1cc(Cl)cc2ccc(OC(F)(F)F)cc21. The van der Waals surface area contributed by atoms with Crippen molar-refractivity contribution in [1.82, 2.24) is 0 Å². The molecular formula is C10H5ClF3NO2. The van der Waals surface area contributed by atoms with Gasteiger partial charge in [0, 0.05) is 5.39 Å². The van der Waals surface area contributed by atoms with Crippen molar-refractivity contribution in [2.24, 2.45) is 0 Å². The first kappa shape index (κ1) is 11.8. The average molecular weight is 264 g/mol. The quantitative estimate of drug-likeness (QED) is 0.586. The van der Waals surface area contributed by atoms with E-state index in [0.29, 0.717) is 10.1 Å². The van der Waals surface area contributed by atoms with E-state index in [1.165, 1.54) is 12.1 Å². The van der Waals surface area contributed by atoms with Crippen LogP contribution in [-0.4, -0.2) is 6.36 Å². The molecule has 1 heterocycles. The van der Waals surface area contributed by atoms with Crippen molar-refractivity contribution in [3.8, 4) is 5.75 Å². The Balaban J connectivity index is 2.51. The largest absolute Gasteiger partial charge is 0.618 e. The van der Waals surface area contributed by atoms with Gasteiger partial charge in [-0.15, -0.1) is 13.2 Å². The Bertz CT molecular complexity index is 571. The van der Waals surface area contributed by atoms with Gasteiger partial charge >= 0.3 is 6.36 Å². The number of ether oxygens (including phenoxy) is 1. The molecule has 90 valence electrons.